The molecule has 0 aromatic heterocycles. The van der Waals surface area contributed by atoms with E-state index in [0.29, 0.717) is 22.2 Å². The van der Waals surface area contributed by atoms with Crippen molar-refractivity contribution in [3.63, 3.8) is 0 Å². The summed E-state index contributed by atoms with van der Waals surface area (Å²) in [5.74, 6) is 0.718. The maximum Gasteiger partial charge on any atom is 0.259 e. The molecule has 1 amide bonds. The maximum atomic E-state index is 12.1. The molecule has 0 saturated carbocycles. The largest absolute Gasteiger partial charge is 0.507 e. The van der Waals surface area contributed by atoms with Crippen LogP contribution >= 0.6 is 11.6 Å². The lowest BCUT2D eigenvalue weighted by atomic mass is 10.2. The number of para-hydroxylation sites is 2. The van der Waals surface area contributed by atoms with Crippen LogP contribution in [0.4, 0.5) is 5.69 Å². The number of phenolic OH excluding ortho intramolecular Hbond substituents is 1. The summed E-state index contributed by atoms with van der Waals surface area (Å²) >= 11 is 6.05. The van der Waals surface area contributed by atoms with Crippen LogP contribution in [-0.4, -0.2) is 11.0 Å². The van der Waals surface area contributed by atoms with Gasteiger partial charge >= 0.3 is 0 Å². The average Bonchev–Trinajstić information content (AvgIpc) is 2.59. The van der Waals surface area contributed by atoms with E-state index in [2.05, 4.69) is 5.32 Å². The maximum absolute atomic E-state index is 12.1. The Balaban J connectivity index is 1.70. The number of hydrogen-bond acceptors (Lipinski definition) is 3. The lowest BCUT2D eigenvalue weighted by Crippen LogP contribution is -2.11. The van der Waals surface area contributed by atoms with Gasteiger partial charge in [0.2, 0.25) is 0 Å². The SMILES string of the molecule is O=C(Nc1ccc(Oc2ccccc2Cl)cc1)c1ccccc1O. The Kier molecular flexibility index (Phi) is 4.68. The van der Waals surface area contributed by atoms with Gasteiger partial charge in [-0.2, -0.15) is 0 Å². The summed E-state index contributed by atoms with van der Waals surface area (Å²) in [5.41, 5.74) is 0.809. The number of benzene rings is 3. The predicted molar refractivity (Wildman–Crippen MR) is 94.0 cm³/mol. The Bertz CT molecular complexity index is 862. The Morgan fingerprint density at radius 3 is 2.29 bits per heavy atom. The van der Waals surface area contributed by atoms with Gasteiger partial charge in [0, 0.05) is 5.69 Å². The van der Waals surface area contributed by atoms with Crippen LogP contribution in [0.2, 0.25) is 5.02 Å². The molecule has 0 atom stereocenters. The van der Waals surface area contributed by atoms with Crippen LogP contribution in [0.1, 0.15) is 10.4 Å². The van der Waals surface area contributed by atoms with Crippen LogP contribution in [0, 0.1) is 0 Å². The van der Waals surface area contributed by atoms with Crippen LogP contribution in [0.3, 0.4) is 0 Å². The third-order valence-electron chi connectivity index (χ3n) is 3.33. The molecule has 0 heterocycles. The zero-order valence-electron chi connectivity index (χ0n) is 12.6. The molecule has 120 valence electrons. The molecular formula is C19H14ClNO3. The minimum atomic E-state index is -0.382. The molecule has 0 fully saturated rings. The zero-order chi connectivity index (χ0) is 16.9. The number of rotatable bonds is 4. The molecule has 0 unspecified atom stereocenters. The molecular weight excluding hydrogens is 326 g/mol. The van der Waals surface area contributed by atoms with Crippen molar-refractivity contribution in [2.45, 2.75) is 0 Å². The standard InChI is InChI=1S/C19H14ClNO3/c20-16-6-2-4-8-18(16)24-14-11-9-13(10-12-14)21-19(23)15-5-1-3-7-17(15)22/h1-12,22H,(H,21,23). The Morgan fingerprint density at radius 2 is 1.58 bits per heavy atom. The smallest absolute Gasteiger partial charge is 0.259 e. The highest BCUT2D eigenvalue weighted by molar-refractivity contribution is 6.32. The van der Waals surface area contributed by atoms with Gasteiger partial charge in [-0.3, -0.25) is 4.79 Å². The van der Waals surface area contributed by atoms with E-state index < -0.39 is 0 Å². The van der Waals surface area contributed by atoms with E-state index in [9.17, 15) is 9.90 Å². The number of ether oxygens (including phenoxy) is 1. The van der Waals surface area contributed by atoms with E-state index in [1.165, 1.54) is 6.07 Å². The first kappa shape index (κ1) is 15.9. The van der Waals surface area contributed by atoms with Crippen molar-refractivity contribution in [2.75, 3.05) is 5.32 Å². The molecule has 24 heavy (non-hydrogen) atoms. The Morgan fingerprint density at radius 1 is 0.917 bits per heavy atom. The van der Waals surface area contributed by atoms with Crippen molar-refractivity contribution in [3.05, 3.63) is 83.4 Å². The number of carbonyl (C=O) groups excluding carboxylic acids is 1. The summed E-state index contributed by atoms with van der Waals surface area (Å²) < 4.78 is 5.69. The quantitative estimate of drug-likeness (QED) is 0.696. The zero-order valence-corrected chi connectivity index (χ0v) is 13.3. The molecule has 3 rings (SSSR count). The van der Waals surface area contributed by atoms with Gasteiger partial charge in [0.25, 0.3) is 5.91 Å². The predicted octanol–water partition coefficient (Wildman–Crippen LogP) is 5.09. The van der Waals surface area contributed by atoms with Crippen LogP contribution in [0.5, 0.6) is 17.2 Å². The van der Waals surface area contributed by atoms with E-state index in [1.54, 1.807) is 54.6 Å². The highest BCUT2D eigenvalue weighted by Gasteiger charge is 2.10. The van der Waals surface area contributed by atoms with Crippen LogP contribution in [-0.2, 0) is 0 Å². The normalized spacial score (nSPS) is 10.2. The van der Waals surface area contributed by atoms with Crippen molar-refractivity contribution in [2.24, 2.45) is 0 Å². The van der Waals surface area contributed by atoms with Gasteiger partial charge in [-0.05, 0) is 48.5 Å². The summed E-state index contributed by atoms with van der Waals surface area (Å²) in [6.45, 7) is 0. The third-order valence-corrected chi connectivity index (χ3v) is 3.64. The highest BCUT2D eigenvalue weighted by Crippen LogP contribution is 2.29. The van der Waals surface area contributed by atoms with Crippen molar-refractivity contribution in [1.82, 2.24) is 0 Å². The number of carbonyl (C=O) groups is 1. The van der Waals surface area contributed by atoms with Gasteiger partial charge in [-0.1, -0.05) is 35.9 Å². The van der Waals surface area contributed by atoms with Gasteiger partial charge in [-0.15, -0.1) is 0 Å². The van der Waals surface area contributed by atoms with E-state index in [0.717, 1.165) is 0 Å². The van der Waals surface area contributed by atoms with Crippen LogP contribution in [0.15, 0.2) is 72.8 Å². The first-order valence-corrected chi connectivity index (χ1v) is 7.63. The van der Waals surface area contributed by atoms with Crippen molar-refractivity contribution in [1.29, 1.82) is 0 Å². The summed E-state index contributed by atoms with van der Waals surface area (Å²) in [4.78, 5) is 12.1. The van der Waals surface area contributed by atoms with E-state index >= 15 is 0 Å². The summed E-state index contributed by atoms with van der Waals surface area (Å²) in [6, 6.07) is 20.4. The Hall–Kier alpha value is -2.98. The highest BCUT2D eigenvalue weighted by atomic mass is 35.5. The molecule has 0 aliphatic carbocycles. The fourth-order valence-electron chi connectivity index (χ4n) is 2.12. The first-order chi connectivity index (χ1) is 11.6. The van der Waals surface area contributed by atoms with Crippen LogP contribution in [0.25, 0.3) is 0 Å². The lowest BCUT2D eigenvalue weighted by molar-refractivity contribution is 0.102. The van der Waals surface area contributed by atoms with Crippen LogP contribution < -0.4 is 10.1 Å². The number of phenols is 1. The van der Waals surface area contributed by atoms with Gasteiger partial charge in [0.15, 0.2) is 0 Å². The number of anilines is 1. The molecule has 0 saturated heterocycles. The monoisotopic (exact) mass is 339 g/mol. The molecule has 0 spiro atoms. The molecule has 0 bridgehead atoms. The van der Waals surface area contributed by atoms with E-state index in [1.807, 2.05) is 12.1 Å². The average molecular weight is 340 g/mol. The summed E-state index contributed by atoms with van der Waals surface area (Å²) in [6.07, 6.45) is 0. The van der Waals surface area contributed by atoms with E-state index in [-0.39, 0.29) is 17.2 Å². The molecule has 3 aromatic rings. The first-order valence-electron chi connectivity index (χ1n) is 7.25. The van der Waals surface area contributed by atoms with Crippen molar-refractivity contribution >= 4 is 23.2 Å². The molecule has 2 N–H and O–H groups in total. The number of halogens is 1. The number of hydrogen-bond donors (Lipinski definition) is 2. The van der Waals surface area contributed by atoms with Gasteiger partial charge in [0.05, 0.1) is 10.6 Å². The topological polar surface area (TPSA) is 58.6 Å². The Labute approximate surface area is 144 Å². The summed E-state index contributed by atoms with van der Waals surface area (Å²) in [5, 5.41) is 12.9. The second-order valence-electron chi connectivity index (χ2n) is 5.03. The number of aromatic hydroxyl groups is 1. The molecule has 0 aliphatic rings. The van der Waals surface area contributed by atoms with E-state index in [4.69, 9.17) is 16.3 Å². The van der Waals surface area contributed by atoms with Gasteiger partial charge in [0.1, 0.15) is 17.2 Å². The number of amides is 1. The van der Waals surface area contributed by atoms with Gasteiger partial charge < -0.3 is 15.2 Å². The molecule has 4 nitrogen and oxygen atoms in total. The lowest BCUT2D eigenvalue weighted by Gasteiger charge is -2.09. The second kappa shape index (κ2) is 7.06. The minimum Gasteiger partial charge on any atom is -0.507 e. The molecule has 3 aromatic carbocycles. The third kappa shape index (κ3) is 3.67. The fraction of sp³-hybridized carbons (Fsp3) is 0. The number of nitrogens with one attached hydrogen (secondary N) is 1. The van der Waals surface area contributed by atoms with Crippen molar-refractivity contribution in [3.8, 4) is 17.2 Å². The molecule has 0 aliphatic heterocycles. The fourth-order valence-corrected chi connectivity index (χ4v) is 2.30. The van der Waals surface area contributed by atoms with Crippen molar-refractivity contribution < 1.29 is 14.6 Å². The minimum absolute atomic E-state index is 0.0614. The molecule has 0 radical (unpaired) electrons. The summed E-state index contributed by atoms with van der Waals surface area (Å²) in [7, 11) is 0. The molecule has 5 heteroatoms. The van der Waals surface area contributed by atoms with Gasteiger partial charge in [-0.25, -0.2) is 0 Å². The second-order valence-corrected chi connectivity index (χ2v) is 5.44.